The number of aliphatic hydroxyl groups excluding tert-OH is 1. The third kappa shape index (κ3) is 7.17. The number of hydrogen-bond acceptors (Lipinski definition) is 6. The van der Waals surface area contributed by atoms with Gasteiger partial charge in [0.15, 0.2) is 0 Å². The molecule has 1 N–H and O–H groups in total. The van der Waals surface area contributed by atoms with E-state index in [-0.39, 0.29) is 18.5 Å². The first kappa shape index (κ1) is 22.9. The molecule has 1 aliphatic heterocycles. The van der Waals surface area contributed by atoms with Gasteiger partial charge < -0.3 is 19.4 Å². The van der Waals surface area contributed by atoms with Gasteiger partial charge in [-0.05, 0) is 35.4 Å². The Bertz CT molecular complexity index is 872. The normalized spacial score (nSPS) is 16.6. The summed E-state index contributed by atoms with van der Waals surface area (Å²) >= 11 is 0. The van der Waals surface area contributed by atoms with E-state index in [2.05, 4.69) is 16.6 Å². The average molecular weight is 429 g/mol. The molecule has 166 valence electrons. The highest BCUT2D eigenvalue weighted by Gasteiger charge is 2.26. The Kier molecular flexibility index (Phi) is 8.58. The van der Waals surface area contributed by atoms with E-state index in [1.165, 1.54) is 12.1 Å². The lowest BCUT2D eigenvalue weighted by Gasteiger charge is -2.27. The molecule has 0 unspecified atom stereocenters. The lowest BCUT2D eigenvalue weighted by molar-refractivity contribution is 0.00335. The number of aliphatic hydroxyl groups is 1. The fourth-order valence-corrected chi connectivity index (χ4v) is 3.50. The van der Waals surface area contributed by atoms with Gasteiger partial charge in [-0.25, -0.2) is 4.39 Å². The topological polar surface area (TPSA) is 63.5 Å². The molecular formula is C24H29FN2O4. The van der Waals surface area contributed by atoms with E-state index in [9.17, 15) is 9.50 Å². The summed E-state index contributed by atoms with van der Waals surface area (Å²) < 4.78 is 23.9. The Labute approximate surface area is 182 Å². The molecule has 7 heteroatoms. The predicted octanol–water partition coefficient (Wildman–Crippen LogP) is 3.39. The minimum atomic E-state index is -0.649. The van der Waals surface area contributed by atoms with Crippen molar-refractivity contribution in [2.75, 3.05) is 33.4 Å². The van der Waals surface area contributed by atoms with Crippen LogP contribution in [0.15, 0.2) is 66.3 Å². The quantitative estimate of drug-likeness (QED) is 0.415. The second-order valence-corrected chi connectivity index (χ2v) is 7.50. The summed E-state index contributed by atoms with van der Waals surface area (Å²) in [6, 6.07) is 14.1. The van der Waals surface area contributed by atoms with Crippen LogP contribution in [0.1, 0.15) is 17.5 Å². The molecule has 0 fully saturated rings. The molecule has 6 nitrogen and oxygen atoms in total. The number of benzene rings is 2. The predicted molar refractivity (Wildman–Crippen MR) is 118 cm³/mol. The Balaban J connectivity index is 1.63. The monoisotopic (exact) mass is 428 g/mol. The summed E-state index contributed by atoms with van der Waals surface area (Å²) in [5.41, 5.74) is 2.71. The van der Waals surface area contributed by atoms with Gasteiger partial charge in [-0.3, -0.25) is 4.90 Å². The lowest BCUT2D eigenvalue weighted by Crippen LogP contribution is -2.39. The van der Waals surface area contributed by atoms with E-state index in [1.54, 1.807) is 25.3 Å². The molecule has 2 atom stereocenters. The molecule has 0 bridgehead atoms. The summed E-state index contributed by atoms with van der Waals surface area (Å²) in [7, 11) is 1.64. The number of hydrogen-bond donors (Lipinski definition) is 1. The molecule has 1 aliphatic rings. The van der Waals surface area contributed by atoms with E-state index in [0.29, 0.717) is 32.7 Å². The summed E-state index contributed by atoms with van der Waals surface area (Å²) in [6.07, 6.45) is 1.46. The van der Waals surface area contributed by atoms with Crippen molar-refractivity contribution in [1.29, 1.82) is 0 Å². The van der Waals surface area contributed by atoms with Crippen molar-refractivity contribution in [2.45, 2.75) is 25.2 Å². The van der Waals surface area contributed by atoms with Gasteiger partial charge >= 0.3 is 0 Å². The molecule has 2 aromatic carbocycles. The SMILES string of the molecule is C=CCOC[C@H](O)CN(Cc1cccc(OC)c1)C[C@H]1CC(c2ccc(F)cc2)=NO1. The highest BCUT2D eigenvalue weighted by molar-refractivity contribution is 6.01. The van der Waals surface area contributed by atoms with Crippen LogP contribution < -0.4 is 4.74 Å². The van der Waals surface area contributed by atoms with Gasteiger partial charge in [-0.1, -0.05) is 35.5 Å². The molecule has 0 aromatic heterocycles. The zero-order valence-electron chi connectivity index (χ0n) is 17.7. The summed E-state index contributed by atoms with van der Waals surface area (Å²) in [4.78, 5) is 7.76. The molecule has 2 aromatic rings. The largest absolute Gasteiger partial charge is 0.497 e. The first-order valence-electron chi connectivity index (χ1n) is 10.3. The molecule has 1 heterocycles. The van der Waals surface area contributed by atoms with Gasteiger partial charge in [0, 0.05) is 26.1 Å². The van der Waals surface area contributed by atoms with Crippen molar-refractivity contribution in [1.82, 2.24) is 4.90 Å². The van der Waals surface area contributed by atoms with Gasteiger partial charge in [0.2, 0.25) is 0 Å². The zero-order chi connectivity index (χ0) is 22.1. The van der Waals surface area contributed by atoms with Gasteiger partial charge in [-0.2, -0.15) is 0 Å². The molecular weight excluding hydrogens is 399 g/mol. The summed E-state index contributed by atoms with van der Waals surface area (Å²) in [5.74, 6) is 0.503. The van der Waals surface area contributed by atoms with Crippen LogP contribution in [0.2, 0.25) is 0 Å². The third-order valence-corrected chi connectivity index (χ3v) is 4.93. The number of rotatable bonds is 12. The van der Waals surface area contributed by atoms with E-state index >= 15 is 0 Å². The average Bonchev–Trinajstić information content (AvgIpc) is 3.23. The minimum Gasteiger partial charge on any atom is -0.497 e. The molecule has 0 aliphatic carbocycles. The second kappa shape index (κ2) is 11.6. The van der Waals surface area contributed by atoms with E-state index in [1.807, 2.05) is 24.3 Å². The maximum absolute atomic E-state index is 13.2. The number of ether oxygens (including phenoxy) is 2. The second-order valence-electron chi connectivity index (χ2n) is 7.50. The van der Waals surface area contributed by atoms with Crippen molar-refractivity contribution in [2.24, 2.45) is 5.16 Å². The van der Waals surface area contributed by atoms with E-state index in [0.717, 1.165) is 22.6 Å². The fourth-order valence-electron chi connectivity index (χ4n) is 3.50. The van der Waals surface area contributed by atoms with Crippen LogP contribution >= 0.6 is 0 Å². The van der Waals surface area contributed by atoms with Gasteiger partial charge in [0.05, 0.1) is 32.1 Å². The molecule has 0 saturated heterocycles. The third-order valence-electron chi connectivity index (χ3n) is 4.93. The van der Waals surface area contributed by atoms with Crippen molar-refractivity contribution < 1.29 is 23.8 Å². The lowest BCUT2D eigenvalue weighted by atomic mass is 10.0. The molecule has 0 saturated carbocycles. The Morgan fingerprint density at radius 2 is 2.13 bits per heavy atom. The van der Waals surface area contributed by atoms with E-state index < -0.39 is 6.10 Å². The molecule has 31 heavy (non-hydrogen) atoms. The zero-order valence-corrected chi connectivity index (χ0v) is 17.7. The molecule has 0 radical (unpaired) electrons. The van der Waals surface area contributed by atoms with Gasteiger partial charge in [0.1, 0.15) is 17.7 Å². The van der Waals surface area contributed by atoms with Crippen molar-refractivity contribution >= 4 is 5.71 Å². The number of halogens is 1. The van der Waals surface area contributed by atoms with Crippen LogP contribution in [0.3, 0.4) is 0 Å². The highest BCUT2D eigenvalue weighted by atomic mass is 19.1. The van der Waals surface area contributed by atoms with Crippen LogP contribution in [0.5, 0.6) is 5.75 Å². The van der Waals surface area contributed by atoms with Crippen molar-refractivity contribution in [3.8, 4) is 5.75 Å². The smallest absolute Gasteiger partial charge is 0.145 e. The fraction of sp³-hybridized carbons (Fsp3) is 0.375. The Morgan fingerprint density at radius 3 is 2.87 bits per heavy atom. The molecule has 0 amide bonds. The van der Waals surface area contributed by atoms with Crippen LogP contribution in [0.25, 0.3) is 0 Å². The summed E-state index contributed by atoms with van der Waals surface area (Å²) in [5, 5.41) is 14.6. The van der Waals surface area contributed by atoms with Crippen LogP contribution in [-0.2, 0) is 16.1 Å². The van der Waals surface area contributed by atoms with Gasteiger partial charge in [-0.15, -0.1) is 6.58 Å². The van der Waals surface area contributed by atoms with Gasteiger partial charge in [0.25, 0.3) is 0 Å². The first-order valence-corrected chi connectivity index (χ1v) is 10.3. The Morgan fingerprint density at radius 1 is 1.32 bits per heavy atom. The number of nitrogens with zero attached hydrogens (tertiary/aromatic N) is 2. The maximum atomic E-state index is 13.2. The van der Waals surface area contributed by atoms with E-state index in [4.69, 9.17) is 14.3 Å². The minimum absolute atomic E-state index is 0.160. The van der Waals surface area contributed by atoms with Crippen molar-refractivity contribution in [3.63, 3.8) is 0 Å². The molecule has 3 rings (SSSR count). The summed E-state index contributed by atoms with van der Waals surface area (Å²) in [6.45, 7) is 5.84. The maximum Gasteiger partial charge on any atom is 0.145 e. The molecule has 0 spiro atoms. The number of oxime groups is 1. The number of methoxy groups -OCH3 is 1. The van der Waals surface area contributed by atoms with Crippen LogP contribution in [0.4, 0.5) is 4.39 Å². The first-order chi connectivity index (χ1) is 15.1. The van der Waals surface area contributed by atoms with Crippen LogP contribution in [0, 0.1) is 5.82 Å². The van der Waals surface area contributed by atoms with Crippen molar-refractivity contribution in [3.05, 3.63) is 78.1 Å². The standard InChI is InChI=1S/C24H29FN2O4/c1-3-11-30-17-21(28)15-27(14-18-5-4-6-22(12-18)29-2)16-23-13-24(26-31-23)19-7-9-20(25)10-8-19/h3-10,12,21,23,28H,1,11,13-17H2,2H3/t21-,23-/m1/s1. The Hall–Kier alpha value is -2.74. The van der Waals surface area contributed by atoms with Crippen LogP contribution in [-0.4, -0.2) is 61.3 Å². The highest BCUT2D eigenvalue weighted by Crippen LogP contribution is 2.20.